The number of nitrogens with zero attached hydrogens (tertiary/aromatic N) is 2. The van der Waals surface area contributed by atoms with E-state index < -0.39 is 11.9 Å². The van der Waals surface area contributed by atoms with Crippen LogP contribution < -0.4 is 26.6 Å². The van der Waals surface area contributed by atoms with Gasteiger partial charge in [-0.3, -0.25) is 24.5 Å². The number of imide groups is 1. The number of carbonyl (C=O) groups excluding carboxylic acids is 4. The highest BCUT2D eigenvalue weighted by atomic mass is 16.5. The Balaban J connectivity index is 1.25. The molecule has 0 aromatic heterocycles. The molecule has 1 saturated heterocycles. The summed E-state index contributed by atoms with van der Waals surface area (Å²) >= 11 is 0. The minimum absolute atomic E-state index is 0.194. The van der Waals surface area contributed by atoms with E-state index in [0.717, 1.165) is 48.9 Å². The zero-order chi connectivity index (χ0) is 34.0. The summed E-state index contributed by atoms with van der Waals surface area (Å²) in [5.41, 5.74) is 16.0. The number of amides is 4. The van der Waals surface area contributed by atoms with Gasteiger partial charge < -0.3 is 35.5 Å². The highest BCUT2D eigenvalue weighted by Gasteiger charge is 2.33. The molecule has 1 unspecified atom stereocenters. The van der Waals surface area contributed by atoms with Crippen molar-refractivity contribution in [1.29, 1.82) is 0 Å². The second-order valence-corrected chi connectivity index (χ2v) is 12.1. The van der Waals surface area contributed by atoms with Crippen LogP contribution in [0.4, 0.5) is 11.4 Å². The molecule has 47 heavy (non-hydrogen) atoms. The van der Waals surface area contributed by atoms with Gasteiger partial charge in [-0.25, -0.2) is 0 Å². The maximum atomic E-state index is 12.4. The lowest BCUT2D eigenvalue weighted by Gasteiger charge is -2.32. The summed E-state index contributed by atoms with van der Waals surface area (Å²) < 4.78 is 17.2. The lowest BCUT2D eigenvalue weighted by molar-refractivity contribution is -0.135. The standard InChI is InChI=1S/C35H51N5O7/c1-39(2)32-22-27(12-14-30(32)40(25-41)31-15-17-34(43)38-35(31)44)7-4-19-46-21-5-20-45-18-3-6-26-8-10-28(11-9-26)23-47-24-29(36)13-16-33(37)42/h8-12,14,22,25,29,31H,3-7,13,15-21,23-24,36H2,1-2H3,(H2,37,42)(H,38,43,44)/t29-,31?/m0/s1. The van der Waals surface area contributed by atoms with Gasteiger partial charge in [0, 0.05) is 59.4 Å². The van der Waals surface area contributed by atoms with Crippen LogP contribution in [0.5, 0.6) is 0 Å². The van der Waals surface area contributed by atoms with Gasteiger partial charge in [-0.2, -0.15) is 0 Å². The van der Waals surface area contributed by atoms with Gasteiger partial charge in [0.15, 0.2) is 0 Å². The number of primary amides is 1. The number of ether oxygens (including phenoxy) is 3. The molecule has 2 aromatic carbocycles. The van der Waals surface area contributed by atoms with E-state index in [1.165, 1.54) is 10.5 Å². The molecule has 0 aliphatic carbocycles. The molecule has 3 rings (SSSR count). The van der Waals surface area contributed by atoms with E-state index in [9.17, 15) is 19.2 Å². The number of nitrogens with two attached hydrogens (primary N) is 2. The van der Waals surface area contributed by atoms with Crippen molar-refractivity contribution in [2.75, 3.05) is 56.9 Å². The van der Waals surface area contributed by atoms with Gasteiger partial charge in [0.2, 0.25) is 24.1 Å². The molecule has 12 heteroatoms. The van der Waals surface area contributed by atoms with E-state index in [0.29, 0.717) is 64.6 Å². The van der Waals surface area contributed by atoms with Gasteiger partial charge in [0.05, 0.1) is 24.6 Å². The zero-order valence-corrected chi connectivity index (χ0v) is 27.8. The summed E-state index contributed by atoms with van der Waals surface area (Å²) in [6, 6.07) is 13.3. The fourth-order valence-corrected chi connectivity index (χ4v) is 5.31. The molecule has 258 valence electrons. The third-order valence-electron chi connectivity index (χ3n) is 7.93. The van der Waals surface area contributed by atoms with E-state index in [-0.39, 0.29) is 30.7 Å². The molecule has 12 nitrogen and oxygen atoms in total. The summed E-state index contributed by atoms with van der Waals surface area (Å²) in [6.45, 7) is 3.51. The number of rotatable bonds is 23. The van der Waals surface area contributed by atoms with Gasteiger partial charge >= 0.3 is 0 Å². The Bertz CT molecular complexity index is 1290. The largest absolute Gasteiger partial charge is 0.381 e. The molecule has 1 heterocycles. The van der Waals surface area contributed by atoms with Crippen molar-refractivity contribution in [2.45, 2.75) is 76.5 Å². The number of hydrogen-bond donors (Lipinski definition) is 3. The number of carbonyl (C=O) groups is 4. The predicted molar refractivity (Wildman–Crippen MR) is 181 cm³/mol. The fraction of sp³-hybridized carbons (Fsp3) is 0.543. The van der Waals surface area contributed by atoms with Crippen LogP contribution in [-0.2, 0) is 52.8 Å². The number of piperidine rings is 1. The first-order chi connectivity index (χ1) is 22.7. The number of anilines is 2. The number of benzene rings is 2. The van der Waals surface area contributed by atoms with Crippen molar-refractivity contribution in [3.63, 3.8) is 0 Å². The Morgan fingerprint density at radius 2 is 1.53 bits per heavy atom. The zero-order valence-electron chi connectivity index (χ0n) is 27.8. The van der Waals surface area contributed by atoms with Gasteiger partial charge in [-0.15, -0.1) is 0 Å². The molecule has 2 atom stereocenters. The quantitative estimate of drug-likeness (QED) is 0.0928. The predicted octanol–water partition coefficient (Wildman–Crippen LogP) is 2.62. The average Bonchev–Trinajstić information content (AvgIpc) is 3.05. The van der Waals surface area contributed by atoms with Crippen LogP contribution in [0.15, 0.2) is 42.5 Å². The van der Waals surface area contributed by atoms with Gasteiger partial charge in [-0.1, -0.05) is 30.3 Å². The second kappa shape index (κ2) is 20.4. The van der Waals surface area contributed by atoms with Crippen LogP contribution in [0.2, 0.25) is 0 Å². The minimum atomic E-state index is -0.712. The molecule has 0 radical (unpaired) electrons. The van der Waals surface area contributed by atoms with Crippen LogP contribution in [0.1, 0.15) is 61.6 Å². The molecule has 0 spiro atoms. The van der Waals surface area contributed by atoms with E-state index in [1.807, 2.05) is 37.2 Å². The van der Waals surface area contributed by atoms with Crippen LogP contribution in [0.3, 0.4) is 0 Å². The molecule has 1 aliphatic rings. The smallest absolute Gasteiger partial charge is 0.249 e. The summed E-state index contributed by atoms with van der Waals surface area (Å²) in [4.78, 5) is 50.1. The van der Waals surface area contributed by atoms with Crippen LogP contribution in [0.25, 0.3) is 0 Å². The molecular weight excluding hydrogens is 602 g/mol. The van der Waals surface area contributed by atoms with Crippen LogP contribution in [0, 0.1) is 0 Å². The van der Waals surface area contributed by atoms with E-state index in [1.54, 1.807) is 0 Å². The molecule has 2 aromatic rings. The Morgan fingerprint density at radius 3 is 2.15 bits per heavy atom. The number of nitrogens with one attached hydrogen (secondary N) is 1. The molecule has 0 bridgehead atoms. The first-order valence-corrected chi connectivity index (χ1v) is 16.4. The lowest BCUT2D eigenvalue weighted by Crippen LogP contribution is -2.52. The third kappa shape index (κ3) is 13.4. The maximum Gasteiger partial charge on any atom is 0.249 e. The molecule has 5 N–H and O–H groups in total. The van der Waals surface area contributed by atoms with Gasteiger partial charge in [0.1, 0.15) is 6.04 Å². The Kier molecular flexibility index (Phi) is 16.3. The molecule has 4 amide bonds. The van der Waals surface area contributed by atoms with Crippen molar-refractivity contribution in [3.05, 3.63) is 59.2 Å². The molecule has 1 fully saturated rings. The van der Waals surface area contributed by atoms with Crippen molar-refractivity contribution >= 4 is 35.5 Å². The number of aryl methyl sites for hydroxylation is 2. The Labute approximate surface area is 278 Å². The van der Waals surface area contributed by atoms with Crippen LogP contribution >= 0.6 is 0 Å². The molecular formula is C35H51N5O7. The first kappa shape index (κ1) is 37.6. The van der Waals surface area contributed by atoms with Crippen molar-refractivity contribution < 1.29 is 33.4 Å². The van der Waals surface area contributed by atoms with Crippen molar-refractivity contribution in [3.8, 4) is 0 Å². The first-order valence-electron chi connectivity index (χ1n) is 16.4. The summed E-state index contributed by atoms with van der Waals surface area (Å²) in [5.74, 6) is -1.11. The summed E-state index contributed by atoms with van der Waals surface area (Å²) in [5, 5.41) is 2.33. The molecule has 1 aliphatic heterocycles. The second-order valence-electron chi connectivity index (χ2n) is 12.1. The van der Waals surface area contributed by atoms with Crippen molar-refractivity contribution in [1.82, 2.24) is 5.32 Å². The highest BCUT2D eigenvalue weighted by molar-refractivity contribution is 6.04. The van der Waals surface area contributed by atoms with Crippen LogP contribution in [-0.4, -0.2) is 83.3 Å². The normalized spacial score (nSPS) is 15.3. The van der Waals surface area contributed by atoms with E-state index in [4.69, 9.17) is 25.7 Å². The Hall–Kier alpha value is -3.84. The average molecular weight is 654 g/mol. The number of hydrogen-bond acceptors (Lipinski definition) is 9. The topological polar surface area (TPSA) is 167 Å². The Morgan fingerprint density at radius 1 is 0.915 bits per heavy atom. The minimum Gasteiger partial charge on any atom is -0.381 e. The highest BCUT2D eigenvalue weighted by Crippen LogP contribution is 2.32. The monoisotopic (exact) mass is 653 g/mol. The van der Waals surface area contributed by atoms with E-state index in [2.05, 4.69) is 29.6 Å². The third-order valence-corrected chi connectivity index (χ3v) is 7.93. The van der Waals surface area contributed by atoms with Gasteiger partial charge in [0.25, 0.3) is 0 Å². The maximum absolute atomic E-state index is 12.4. The van der Waals surface area contributed by atoms with Crippen molar-refractivity contribution in [2.24, 2.45) is 11.5 Å². The summed E-state index contributed by atoms with van der Waals surface area (Å²) in [6.07, 6.45) is 6.36. The fourth-order valence-electron chi connectivity index (χ4n) is 5.31. The van der Waals surface area contributed by atoms with Gasteiger partial charge in [-0.05, 0) is 73.8 Å². The van der Waals surface area contributed by atoms with E-state index >= 15 is 0 Å². The lowest BCUT2D eigenvalue weighted by atomic mass is 10.0. The SMILES string of the molecule is CN(C)c1cc(CCCOCCCOCCCc2ccc(COC[C@@H](N)CCC(N)=O)cc2)ccc1N(C=O)C1CCC(=O)NC1=O. The summed E-state index contributed by atoms with van der Waals surface area (Å²) in [7, 11) is 3.79. The molecule has 0 saturated carbocycles.